The van der Waals surface area contributed by atoms with Gasteiger partial charge in [0.1, 0.15) is 5.65 Å². The molecule has 4 nitrogen and oxygen atoms in total. The zero-order valence-corrected chi connectivity index (χ0v) is 11.5. The van der Waals surface area contributed by atoms with Gasteiger partial charge in [0.05, 0.1) is 5.69 Å². The smallest absolute Gasteiger partial charge is 0.288 e. The molecule has 0 spiro atoms. The summed E-state index contributed by atoms with van der Waals surface area (Å²) in [4.78, 5) is 4.26. The van der Waals surface area contributed by atoms with E-state index in [1.165, 1.54) is 10.6 Å². The first-order valence-corrected chi connectivity index (χ1v) is 6.93. The average Bonchev–Trinajstić information content (AvgIpc) is 2.54. The topological polar surface area (TPSA) is 51.4 Å². The summed E-state index contributed by atoms with van der Waals surface area (Å²) in [6, 6.07) is 3.44. The van der Waals surface area contributed by atoms with Gasteiger partial charge in [-0.1, -0.05) is 24.7 Å². The number of aromatic nitrogens is 2. The molecule has 0 fully saturated rings. The van der Waals surface area contributed by atoms with Crippen LogP contribution in [0.4, 0.5) is 3.89 Å². The first kappa shape index (κ1) is 13.0. The zero-order chi connectivity index (χ0) is 13.7. The molecule has 18 heavy (non-hydrogen) atoms. The number of nitrogens with zero attached hydrogens (tertiary/aromatic N) is 2. The Bertz CT molecular complexity index is 711. The highest BCUT2D eigenvalue weighted by Gasteiger charge is 2.31. The molecule has 0 radical (unpaired) electrons. The van der Waals surface area contributed by atoms with Gasteiger partial charge in [-0.3, -0.25) is 4.40 Å². The molecule has 2 rings (SSSR count). The molecule has 0 amide bonds. The number of hydrogen-bond acceptors (Lipinski definition) is 3. The summed E-state index contributed by atoms with van der Waals surface area (Å²) >= 11 is 0. The third-order valence-corrected chi connectivity index (χ3v) is 3.53. The molecule has 2 aromatic rings. The fourth-order valence-electron chi connectivity index (χ4n) is 1.85. The summed E-state index contributed by atoms with van der Waals surface area (Å²) in [5.41, 5.74) is 1.08. The van der Waals surface area contributed by atoms with Crippen molar-refractivity contribution in [1.29, 1.82) is 0 Å². The number of rotatable bonds is 1. The van der Waals surface area contributed by atoms with E-state index in [-0.39, 0.29) is 10.7 Å². The van der Waals surface area contributed by atoms with Crippen molar-refractivity contribution in [3.05, 3.63) is 29.6 Å². The van der Waals surface area contributed by atoms with Crippen LogP contribution in [0.15, 0.2) is 23.4 Å². The maximum Gasteiger partial charge on any atom is 0.350 e. The molecule has 0 aliphatic carbocycles. The van der Waals surface area contributed by atoms with E-state index in [9.17, 15) is 12.3 Å². The number of imidazole rings is 1. The van der Waals surface area contributed by atoms with Crippen molar-refractivity contribution < 1.29 is 12.3 Å². The molecule has 0 atom stereocenters. The molecule has 0 aliphatic rings. The lowest BCUT2D eigenvalue weighted by atomic mass is 9.93. The third kappa shape index (κ3) is 2.12. The summed E-state index contributed by atoms with van der Waals surface area (Å²) in [7, 11) is -4.81. The quantitative estimate of drug-likeness (QED) is 0.748. The van der Waals surface area contributed by atoms with Gasteiger partial charge in [-0.25, -0.2) is 4.98 Å². The van der Waals surface area contributed by atoms with E-state index in [0.717, 1.165) is 5.56 Å². The summed E-state index contributed by atoms with van der Waals surface area (Å²) in [6.45, 7) is 7.28. The second-order valence-electron chi connectivity index (χ2n) is 5.39. The van der Waals surface area contributed by atoms with Gasteiger partial charge in [0.25, 0.3) is 0 Å². The zero-order valence-electron chi connectivity index (χ0n) is 10.7. The van der Waals surface area contributed by atoms with Crippen LogP contribution in [0.3, 0.4) is 0 Å². The predicted molar refractivity (Wildman–Crippen MR) is 66.9 cm³/mol. The largest absolute Gasteiger partial charge is 0.350 e. The second kappa shape index (κ2) is 3.78. The van der Waals surface area contributed by atoms with Crippen molar-refractivity contribution in [2.75, 3.05) is 0 Å². The van der Waals surface area contributed by atoms with Crippen LogP contribution in [0.25, 0.3) is 5.65 Å². The van der Waals surface area contributed by atoms with Crippen LogP contribution >= 0.6 is 0 Å². The van der Waals surface area contributed by atoms with Crippen LogP contribution in [-0.4, -0.2) is 17.8 Å². The molecule has 0 unspecified atom stereocenters. The molecule has 2 aromatic heterocycles. The van der Waals surface area contributed by atoms with E-state index in [4.69, 9.17) is 0 Å². The highest BCUT2D eigenvalue weighted by atomic mass is 32.3. The minimum absolute atomic E-state index is 0.246. The number of hydrogen-bond donors (Lipinski definition) is 0. The number of pyridine rings is 1. The molecule has 0 aliphatic heterocycles. The molecule has 0 saturated heterocycles. The predicted octanol–water partition coefficient (Wildman–Crippen LogP) is 2.60. The van der Waals surface area contributed by atoms with E-state index < -0.39 is 15.6 Å². The van der Waals surface area contributed by atoms with E-state index in [1.807, 2.05) is 6.92 Å². The minimum Gasteiger partial charge on any atom is -0.288 e. The Hall–Kier alpha value is -1.43. The Balaban J connectivity index is 2.95. The number of halogens is 1. The fraction of sp³-hybridized carbons (Fsp3) is 0.417. The van der Waals surface area contributed by atoms with E-state index in [1.54, 1.807) is 32.9 Å². The van der Waals surface area contributed by atoms with Gasteiger partial charge in [0.2, 0.25) is 0 Å². The van der Waals surface area contributed by atoms with Crippen LogP contribution in [-0.2, 0) is 15.6 Å². The van der Waals surface area contributed by atoms with Gasteiger partial charge in [-0.05, 0) is 24.6 Å². The molecular formula is C12H15FN2O2S. The summed E-state index contributed by atoms with van der Waals surface area (Å²) in [5.74, 6) is 0. The Labute approximate surface area is 106 Å². The monoisotopic (exact) mass is 270 g/mol. The molecule has 0 N–H and O–H groups in total. The number of aryl methyl sites for hydroxylation is 1. The molecule has 0 saturated carbocycles. The normalized spacial score (nSPS) is 13.2. The third-order valence-electron chi connectivity index (χ3n) is 2.68. The molecular weight excluding hydrogens is 255 g/mol. The summed E-state index contributed by atoms with van der Waals surface area (Å²) < 4.78 is 37.4. The lowest BCUT2D eigenvalue weighted by Crippen LogP contribution is -2.16. The maximum atomic E-state index is 13.5. The maximum absolute atomic E-state index is 13.5. The second-order valence-corrected chi connectivity index (χ2v) is 6.65. The summed E-state index contributed by atoms with van der Waals surface area (Å²) in [5, 5.41) is -0.370. The van der Waals surface area contributed by atoms with Crippen LogP contribution in [0, 0.1) is 6.92 Å². The summed E-state index contributed by atoms with van der Waals surface area (Å²) in [6.07, 6.45) is 1.53. The number of fused-ring (bicyclic) bond motifs is 1. The van der Waals surface area contributed by atoms with Crippen LogP contribution in [0.2, 0.25) is 0 Å². The Morgan fingerprint density at radius 3 is 2.44 bits per heavy atom. The lowest BCUT2D eigenvalue weighted by Gasteiger charge is -2.15. The molecule has 0 aromatic carbocycles. The Morgan fingerprint density at radius 2 is 1.94 bits per heavy atom. The highest BCUT2D eigenvalue weighted by molar-refractivity contribution is 7.86. The van der Waals surface area contributed by atoms with Crippen molar-refractivity contribution in [3.8, 4) is 0 Å². The van der Waals surface area contributed by atoms with Crippen molar-refractivity contribution in [2.24, 2.45) is 0 Å². The highest BCUT2D eigenvalue weighted by Crippen LogP contribution is 2.30. The van der Waals surface area contributed by atoms with Gasteiger partial charge >= 0.3 is 10.2 Å². The van der Waals surface area contributed by atoms with Crippen LogP contribution < -0.4 is 0 Å². The van der Waals surface area contributed by atoms with Gasteiger partial charge in [-0.2, -0.15) is 8.42 Å². The van der Waals surface area contributed by atoms with Crippen molar-refractivity contribution in [2.45, 2.75) is 38.1 Å². The molecule has 2 heterocycles. The average molecular weight is 270 g/mol. The first-order valence-electron chi connectivity index (χ1n) is 5.54. The van der Waals surface area contributed by atoms with Crippen molar-refractivity contribution in [3.63, 3.8) is 0 Å². The molecule has 6 heteroatoms. The first-order chi connectivity index (χ1) is 8.10. The van der Waals surface area contributed by atoms with E-state index in [2.05, 4.69) is 4.98 Å². The van der Waals surface area contributed by atoms with Crippen molar-refractivity contribution >= 4 is 15.9 Å². The van der Waals surface area contributed by atoms with Gasteiger partial charge in [0.15, 0.2) is 5.03 Å². The van der Waals surface area contributed by atoms with Crippen molar-refractivity contribution in [1.82, 2.24) is 9.38 Å². The van der Waals surface area contributed by atoms with Gasteiger partial charge in [-0.15, -0.1) is 0 Å². The molecule has 98 valence electrons. The fourth-order valence-corrected chi connectivity index (χ4v) is 2.82. The SMILES string of the molecule is Cc1ccn2c(S(=O)(=O)F)c(C(C)(C)C)nc2c1. The van der Waals surface area contributed by atoms with E-state index in [0.29, 0.717) is 5.65 Å². The lowest BCUT2D eigenvalue weighted by molar-refractivity contribution is 0.521. The van der Waals surface area contributed by atoms with Gasteiger partial charge in [0, 0.05) is 11.6 Å². The Morgan fingerprint density at radius 1 is 1.33 bits per heavy atom. The minimum atomic E-state index is -4.81. The van der Waals surface area contributed by atoms with E-state index >= 15 is 0 Å². The van der Waals surface area contributed by atoms with Crippen LogP contribution in [0.5, 0.6) is 0 Å². The Kier molecular flexibility index (Phi) is 2.73. The van der Waals surface area contributed by atoms with Crippen LogP contribution in [0.1, 0.15) is 32.0 Å². The van der Waals surface area contributed by atoms with Gasteiger partial charge < -0.3 is 0 Å². The standard InChI is InChI=1S/C12H15FN2O2S/c1-8-5-6-15-9(7-8)14-10(12(2,3)4)11(15)18(13,16)17/h5-7H,1-4H3. The molecule has 0 bridgehead atoms.